The topological polar surface area (TPSA) is 47.6 Å². The van der Waals surface area contributed by atoms with Gasteiger partial charge < -0.3 is 19.6 Å². The Morgan fingerprint density at radius 3 is 2.56 bits per heavy atom. The van der Waals surface area contributed by atoms with Crippen molar-refractivity contribution in [2.24, 2.45) is 0 Å². The van der Waals surface area contributed by atoms with Gasteiger partial charge in [0.25, 0.3) is 0 Å². The number of hydrogen-bond donors (Lipinski definition) is 1. The first-order valence-electron chi connectivity index (χ1n) is 5.92. The van der Waals surface area contributed by atoms with Gasteiger partial charge >= 0.3 is 0 Å². The molecule has 0 aliphatic rings. The van der Waals surface area contributed by atoms with Crippen molar-refractivity contribution in [3.63, 3.8) is 0 Å². The Kier molecular flexibility index (Phi) is 5.16. The number of rotatable bonds is 7. The van der Waals surface area contributed by atoms with Crippen LogP contribution in [0.25, 0.3) is 0 Å². The van der Waals surface area contributed by atoms with Gasteiger partial charge in [0.15, 0.2) is 0 Å². The van der Waals surface area contributed by atoms with Gasteiger partial charge in [-0.1, -0.05) is 19.9 Å². The summed E-state index contributed by atoms with van der Waals surface area (Å²) in [4.78, 5) is 10.3. The molecule has 1 N–H and O–H groups in total. The predicted octanol–water partition coefficient (Wildman–Crippen LogP) is 1.77. The summed E-state index contributed by atoms with van der Waals surface area (Å²) in [6.07, 6.45) is 0.862. The summed E-state index contributed by atoms with van der Waals surface area (Å²) in [5, 5.41) is 3.10. The van der Waals surface area contributed by atoms with Crippen molar-refractivity contribution in [1.82, 2.24) is 5.32 Å². The van der Waals surface area contributed by atoms with Crippen LogP contribution in [0.3, 0.4) is 0 Å². The Hall–Kier alpha value is -1.55. The molecule has 0 amide bonds. The molecule has 0 aliphatic heterocycles. The first-order valence-corrected chi connectivity index (χ1v) is 5.92. The van der Waals surface area contributed by atoms with Crippen molar-refractivity contribution >= 4 is 6.29 Å². The van der Waals surface area contributed by atoms with E-state index in [2.05, 4.69) is 19.2 Å². The molecule has 0 unspecified atom stereocenters. The minimum Gasteiger partial charge on any atom is -0.497 e. The van der Waals surface area contributed by atoms with Crippen molar-refractivity contribution in [2.75, 3.05) is 27.3 Å². The molecule has 0 spiro atoms. The van der Waals surface area contributed by atoms with E-state index in [0.717, 1.165) is 23.3 Å². The number of ether oxygens (including phenoxy) is 2. The van der Waals surface area contributed by atoms with Crippen molar-refractivity contribution in [3.8, 4) is 11.5 Å². The first kappa shape index (κ1) is 14.5. The highest BCUT2D eigenvalue weighted by atomic mass is 16.5. The highest BCUT2D eigenvalue weighted by molar-refractivity contribution is 5.52. The standard InChI is InChI=1S/C14H21NO3/c1-14(2,10-15-7-8-16)12-6-5-11(17-3)9-13(12)18-4/h5-6,8-9,15H,7,10H2,1-4H3. The summed E-state index contributed by atoms with van der Waals surface area (Å²) in [6.45, 7) is 5.28. The van der Waals surface area contributed by atoms with E-state index < -0.39 is 0 Å². The molecule has 0 saturated heterocycles. The van der Waals surface area contributed by atoms with Crippen molar-refractivity contribution < 1.29 is 14.3 Å². The van der Waals surface area contributed by atoms with Gasteiger partial charge in [0.2, 0.25) is 0 Å². The zero-order valence-electron chi connectivity index (χ0n) is 11.4. The lowest BCUT2D eigenvalue weighted by Crippen LogP contribution is -2.34. The Labute approximate surface area is 108 Å². The summed E-state index contributed by atoms with van der Waals surface area (Å²) in [5.74, 6) is 1.57. The second kappa shape index (κ2) is 6.40. The maximum atomic E-state index is 10.3. The summed E-state index contributed by atoms with van der Waals surface area (Å²) < 4.78 is 10.6. The van der Waals surface area contributed by atoms with Gasteiger partial charge in [-0.15, -0.1) is 0 Å². The molecule has 4 heteroatoms. The highest BCUT2D eigenvalue weighted by Crippen LogP contribution is 2.33. The van der Waals surface area contributed by atoms with Crippen LogP contribution < -0.4 is 14.8 Å². The second-order valence-corrected chi connectivity index (χ2v) is 4.75. The van der Waals surface area contributed by atoms with E-state index in [9.17, 15) is 4.79 Å². The van der Waals surface area contributed by atoms with Gasteiger partial charge in [-0.3, -0.25) is 0 Å². The van der Waals surface area contributed by atoms with Gasteiger partial charge in [0.05, 0.1) is 20.8 Å². The van der Waals surface area contributed by atoms with Gasteiger partial charge in [-0.05, 0) is 6.07 Å². The Bertz CT molecular complexity index is 402. The van der Waals surface area contributed by atoms with Gasteiger partial charge in [-0.25, -0.2) is 0 Å². The maximum Gasteiger partial charge on any atom is 0.133 e. The molecule has 1 aromatic carbocycles. The molecular formula is C14H21NO3. The fourth-order valence-corrected chi connectivity index (χ4v) is 1.90. The molecule has 0 heterocycles. The predicted molar refractivity (Wildman–Crippen MR) is 71.5 cm³/mol. The Morgan fingerprint density at radius 1 is 1.28 bits per heavy atom. The first-order chi connectivity index (χ1) is 8.55. The minimum atomic E-state index is -0.124. The molecule has 18 heavy (non-hydrogen) atoms. The average Bonchev–Trinajstić information content (AvgIpc) is 2.38. The summed E-state index contributed by atoms with van der Waals surface area (Å²) >= 11 is 0. The fourth-order valence-electron chi connectivity index (χ4n) is 1.90. The number of benzene rings is 1. The third-order valence-corrected chi connectivity index (χ3v) is 2.93. The number of nitrogens with one attached hydrogen (secondary N) is 1. The van der Waals surface area contributed by atoms with Crippen molar-refractivity contribution in [1.29, 1.82) is 0 Å². The van der Waals surface area contributed by atoms with E-state index in [1.165, 1.54) is 0 Å². The second-order valence-electron chi connectivity index (χ2n) is 4.75. The molecule has 0 bridgehead atoms. The lowest BCUT2D eigenvalue weighted by molar-refractivity contribution is -0.107. The summed E-state index contributed by atoms with van der Waals surface area (Å²) in [7, 11) is 3.28. The van der Waals surface area contributed by atoms with E-state index in [1.807, 2.05) is 18.2 Å². The van der Waals surface area contributed by atoms with Crippen LogP contribution in [0.1, 0.15) is 19.4 Å². The number of carbonyl (C=O) groups excluding carboxylic acids is 1. The molecule has 100 valence electrons. The van der Waals surface area contributed by atoms with Crippen LogP contribution in [0.4, 0.5) is 0 Å². The number of aldehydes is 1. The van der Waals surface area contributed by atoms with Crippen LogP contribution in [0, 0.1) is 0 Å². The molecule has 4 nitrogen and oxygen atoms in total. The number of carbonyl (C=O) groups is 1. The largest absolute Gasteiger partial charge is 0.497 e. The zero-order valence-corrected chi connectivity index (χ0v) is 11.4. The normalized spacial score (nSPS) is 11.1. The molecule has 0 aromatic heterocycles. The maximum absolute atomic E-state index is 10.3. The van der Waals surface area contributed by atoms with Crippen LogP contribution >= 0.6 is 0 Å². The van der Waals surface area contributed by atoms with Crippen LogP contribution in [-0.4, -0.2) is 33.6 Å². The van der Waals surface area contributed by atoms with Crippen molar-refractivity contribution in [3.05, 3.63) is 23.8 Å². The lowest BCUT2D eigenvalue weighted by atomic mass is 9.84. The van der Waals surface area contributed by atoms with E-state index in [4.69, 9.17) is 9.47 Å². The van der Waals surface area contributed by atoms with Crippen LogP contribution in [0.15, 0.2) is 18.2 Å². The quantitative estimate of drug-likeness (QED) is 0.592. The van der Waals surface area contributed by atoms with Crippen LogP contribution in [0.2, 0.25) is 0 Å². The van der Waals surface area contributed by atoms with Gasteiger partial charge in [0, 0.05) is 23.6 Å². The molecule has 1 aromatic rings. The summed E-state index contributed by atoms with van der Waals surface area (Å²) in [6, 6.07) is 5.79. The summed E-state index contributed by atoms with van der Waals surface area (Å²) in [5.41, 5.74) is 0.963. The van der Waals surface area contributed by atoms with E-state index >= 15 is 0 Å². The Morgan fingerprint density at radius 2 is 2.00 bits per heavy atom. The molecular weight excluding hydrogens is 230 g/mol. The van der Waals surface area contributed by atoms with Crippen molar-refractivity contribution in [2.45, 2.75) is 19.3 Å². The number of hydrogen-bond acceptors (Lipinski definition) is 4. The van der Waals surface area contributed by atoms with Crippen LogP contribution in [-0.2, 0) is 10.2 Å². The smallest absolute Gasteiger partial charge is 0.133 e. The van der Waals surface area contributed by atoms with Crippen LogP contribution in [0.5, 0.6) is 11.5 Å². The minimum absolute atomic E-state index is 0.124. The zero-order chi connectivity index (χ0) is 13.6. The fraction of sp³-hybridized carbons (Fsp3) is 0.500. The molecule has 0 fully saturated rings. The average molecular weight is 251 g/mol. The lowest BCUT2D eigenvalue weighted by Gasteiger charge is -2.27. The third kappa shape index (κ3) is 3.47. The monoisotopic (exact) mass is 251 g/mol. The molecule has 0 saturated carbocycles. The van der Waals surface area contributed by atoms with Gasteiger partial charge in [0.1, 0.15) is 17.8 Å². The Balaban J connectivity index is 2.95. The third-order valence-electron chi connectivity index (χ3n) is 2.93. The molecule has 0 atom stereocenters. The SMILES string of the molecule is COc1ccc(C(C)(C)CNCC=O)c(OC)c1. The van der Waals surface area contributed by atoms with Gasteiger partial charge in [-0.2, -0.15) is 0 Å². The molecule has 0 radical (unpaired) electrons. The number of methoxy groups -OCH3 is 2. The van der Waals surface area contributed by atoms with E-state index in [-0.39, 0.29) is 5.41 Å². The van der Waals surface area contributed by atoms with E-state index in [0.29, 0.717) is 13.1 Å². The molecule has 1 rings (SSSR count). The molecule has 0 aliphatic carbocycles. The highest BCUT2D eigenvalue weighted by Gasteiger charge is 2.24. The van der Waals surface area contributed by atoms with E-state index in [1.54, 1.807) is 14.2 Å².